The number of rotatable bonds is 8. The van der Waals surface area contributed by atoms with E-state index in [-0.39, 0.29) is 17.3 Å². The van der Waals surface area contributed by atoms with Gasteiger partial charge in [-0.1, -0.05) is 12.1 Å². The van der Waals surface area contributed by atoms with Gasteiger partial charge in [-0.3, -0.25) is 9.59 Å². The Bertz CT molecular complexity index is 806. The van der Waals surface area contributed by atoms with Crippen molar-refractivity contribution < 1.29 is 14.3 Å². The number of carbonyl (C=O) groups excluding carboxylic acids is 2. The van der Waals surface area contributed by atoms with Crippen LogP contribution in [0.3, 0.4) is 0 Å². The van der Waals surface area contributed by atoms with Crippen molar-refractivity contribution in [1.29, 1.82) is 0 Å². The van der Waals surface area contributed by atoms with Gasteiger partial charge in [0.25, 0.3) is 11.8 Å². The first-order valence-corrected chi connectivity index (χ1v) is 8.76. The van der Waals surface area contributed by atoms with Crippen molar-refractivity contribution in [3.63, 3.8) is 0 Å². The minimum Gasteiger partial charge on any atom is -0.495 e. The molecule has 0 atom stereocenters. The van der Waals surface area contributed by atoms with Crippen LogP contribution < -0.4 is 15.4 Å². The standard InChI is InChI=1S/C20H26N4O3/c1-14-9-10-18(27-4)17(13-14)23-20(26)16-8-5-7-15(22-16)19(25)21-11-6-12-24(2)3/h5,7-10,13H,6,11-12H2,1-4H3,(H,21,25)(H,23,26). The summed E-state index contributed by atoms with van der Waals surface area (Å²) in [6.45, 7) is 3.36. The van der Waals surface area contributed by atoms with E-state index in [0.29, 0.717) is 18.0 Å². The molecule has 0 aliphatic carbocycles. The Kier molecular flexibility index (Phi) is 7.31. The van der Waals surface area contributed by atoms with Crippen LogP contribution in [0.15, 0.2) is 36.4 Å². The zero-order chi connectivity index (χ0) is 19.8. The lowest BCUT2D eigenvalue weighted by Crippen LogP contribution is -2.28. The third-order valence-electron chi connectivity index (χ3n) is 3.89. The van der Waals surface area contributed by atoms with Gasteiger partial charge in [0.15, 0.2) is 0 Å². The molecular weight excluding hydrogens is 344 g/mol. The van der Waals surface area contributed by atoms with Crippen molar-refractivity contribution in [2.75, 3.05) is 39.6 Å². The molecule has 0 radical (unpaired) electrons. The summed E-state index contributed by atoms with van der Waals surface area (Å²) in [6.07, 6.45) is 0.839. The van der Waals surface area contributed by atoms with Gasteiger partial charge in [0.1, 0.15) is 17.1 Å². The molecule has 2 N–H and O–H groups in total. The molecule has 0 unspecified atom stereocenters. The highest BCUT2D eigenvalue weighted by molar-refractivity contribution is 6.04. The maximum atomic E-state index is 12.5. The summed E-state index contributed by atoms with van der Waals surface area (Å²) in [5.41, 5.74) is 1.93. The topological polar surface area (TPSA) is 83.6 Å². The summed E-state index contributed by atoms with van der Waals surface area (Å²) in [4.78, 5) is 31.0. The fraction of sp³-hybridized carbons (Fsp3) is 0.350. The lowest BCUT2D eigenvalue weighted by molar-refractivity contribution is 0.0947. The van der Waals surface area contributed by atoms with Crippen molar-refractivity contribution in [1.82, 2.24) is 15.2 Å². The fourth-order valence-corrected chi connectivity index (χ4v) is 2.48. The predicted molar refractivity (Wildman–Crippen MR) is 105 cm³/mol. The van der Waals surface area contributed by atoms with Crippen molar-refractivity contribution in [3.8, 4) is 5.75 Å². The Hall–Kier alpha value is -2.93. The van der Waals surface area contributed by atoms with Crippen molar-refractivity contribution in [2.45, 2.75) is 13.3 Å². The highest BCUT2D eigenvalue weighted by Crippen LogP contribution is 2.25. The number of aryl methyl sites for hydroxylation is 1. The molecule has 1 heterocycles. The number of hydrogen-bond acceptors (Lipinski definition) is 5. The quantitative estimate of drug-likeness (QED) is 0.697. The molecule has 2 rings (SSSR count). The zero-order valence-electron chi connectivity index (χ0n) is 16.2. The van der Waals surface area contributed by atoms with Gasteiger partial charge in [-0.25, -0.2) is 4.98 Å². The molecule has 7 heteroatoms. The van der Waals surface area contributed by atoms with Crippen molar-refractivity contribution in [3.05, 3.63) is 53.3 Å². The van der Waals surface area contributed by atoms with E-state index in [1.807, 2.05) is 33.2 Å². The van der Waals surface area contributed by atoms with Gasteiger partial charge in [-0.05, 0) is 63.8 Å². The number of aromatic nitrogens is 1. The Morgan fingerprint density at radius 3 is 2.48 bits per heavy atom. The van der Waals surface area contributed by atoms with Gasteiger partial charge >= 0.3 is 0 Å². The Balaban J connectivity index is 2.05. The van der Waals surface area contributed by atoms with Crippen molar-refractivity contribution >= 4 is 17.5 Å². The number of methoxy groups -OCH3 is 1. The van der Waals surface area contributed by atoms with E-state index in [2.05, 4.69) is 20.5 Å². The number of anilines is 1. The monoisotopic (exact) mass is 370 g/mol. The minimum absolute atomic E-state index is 0.166. The van der Waals surface area contributed by atoms with Crippen LogP contribution >= 0.6 is 0 Å². The molecule has 0 spiro atoms. The van der Waals surface area contributed by atoms with E-state index >= 15 is 0 Å². The number of nitrogens with zero attached hydrogens (tertiary/aromatic N) is 2. The van der Waals surface area contributed by atoms with Crippen LogP contribution in [0.5, 0.6) is 5.75 Å². The van der Waals surface area contributed by atoms with Crippen LogP contribution in [0.25, 0.3) is 0 Å². The summed E-state index contributed by atoms with van der Waals surface area (Å²) in [7, 11) is 5.50. The Morgan fingerprint density at radius 2 is 1.81 bits per heavy atom. The molecule has 0 bridgehead atoms. The molecular formula is C20H26N4O3. The van der Waals surface area contributed by atoms with E-state index in [4.69, 9.17) is 4.74 Å². The number of ether oxygens (including phenoxy) is 1. The third-order valence-corrected chi connectivity index (χ3v) is 3.89. The summed E-state index contributed by atoms with van der Waals surface area (Å²) >= 11 is 0. The van der Waals surface area contributed by atoms with E-state index in [1.165, 1.54) is 0 Å². The molecule has 1 aromatic heterocycles. The van der Waals surface area contributed by atoms with Crippen LogP contribution in [0.1, 0.15) is 33.0 Å². The van der Waals surface area contributed by atoms with Crippen LogP contribution in [0.4, 0.5) is 5.69 Å². The lowest BCUT2D eigenvalue weighted by Gasteiger charge is -2.11. The molecule has 0 saturated carbocycles. The predicted octanol–water partition coefficient (Wildman–Crippen LogP) is 2.33. The van der Waals surface area contributed by atoms with E-state index in [9.17, 15) is 9.59 Å². The van der Waals surface area contributed by atoms with E-state index in [0.717, 1.165) is 18.5 Å². The summed E-state index contributed by atoms with van der Waals surface area (Å²) < 4.78 is 5.27. The normalized spacial score (nSPS) is 10.6. The summed E-state index contributed by atoms with van der Waals surface area (Å²) in [5.74, 6) is -0.138. The smallest absolute Gasteiger partial charge is 0.274 e. The summed E-state index contributed by atoms with van der Waals surface area (Å²) in [5, 5.41) is 5.60. The molecule has 0 saturated heterocycles. The Labute approximate surface area is 159 Å². The average Bonchev–Trinajstić information content (AvgIpc) is 2.65. The first kappa shape index (κ1) is 20.4. The minimum atomic E-state index is -0.402. The van der Waals surface area contributed by atoms with Gasteiger partial charge in [-0.2, -0.15) is 0 Å². The van der Waals surface area contributed by atoms with Crippen LogP contribution in [0, 0.1) is 6.92 Å². The molecule has 0 fully saturated rings. The van der Waals surface area contributed by atoms with Gasteiger partial charge in [0.2, 0.25) is 0 Å². The molecule has 2 amide bonds. The summed E-state index contributed by atoms with van der Waals surface area (Å²) in [6, 6.07) is 10.3. The zero-order valence-corrected chi connectivity index (χ0v) is 16.2. The fourth-order valence-electron chi connectivity index (χ4n) is 2.48. The van der Waals surface area contributed by atoms with Gasteiger partial charge in [-0.15, -0.1) is 0 Å². The largest absolute Gasteiger partial charge is 0.495 e. The molecule has 27 heavy (non-hydrogen) atoms. The number of carbonyl (C=O) groups is 2. The second kappa shape index (κ2) is 9.68. The molecule has 7 nitrogen and oxygen atoms in total. The van der Waals surface area contributed by atoms with E-state index in [1.54, 1.807) is 31.4 Å². The van der Waals surface area contributed by atoms with Gasteiger partial charge < -0.3 is 20.3 Å². The van der Waals surface area contributed by atoms with Crippen LogP contribution in [-0.4, -0.2) is 56.0 Å². The van der Waals surface area contributed by atoms with Crippen molar-refractivity contribution in [2.24, 2.45) is 0 Å². The van der Waals surface area contributed by atoms with E-state index < -0.39 is 5.91 Å². The maximum absolute atomic E-state index is 12.5. The molecule has 0 aliphatic heterocycles. The first-order chi connectivity index (χ1) is 12.9. The number of nitrogens with one attached hydrogen (secondary N) is 2. The molecule has 1 aromatic carbocycles. The SMILES string of the molecule is COc1ccc(C)cc1NC(=O)c1cccc(C(=O)NCCCN(C)C)n1. The third kappa shape index (κ3) is 6.07. The molecule has 144 valence electrons. The van der Waals surface area contributed by atoms with Crippen LogP contribution in [0.2, 0.25) is 0 Å². The first-order valence-electron chi connectivity index (χ1n) is 8.76. The maximum Gasteiger partial charge on any atom is 0.274 e. The highest BCUT2D eigenvalue weighted by atomic mass is 16.5. The number of pyridine rings is 1. The molecule has 2 aromatic rings. The number of hydrogen-bond donors (Lipinski definition) is 2. The lowest BCUT2D eigenvalue weighted by atomic mass is 10.2. The molecule has 0 aliphatic rings. The van der Waals surface area contributed by atoms with Gasteiger partial charge in [0.05, 0.1) is 12.8 Å². The Morgan fingerprint density at radius 1 is 1.11 bits per heavy atom. The second-order valence-electron chi connectivity index (χ2n) is 6.48. The van der Waals surface area contributed by atoms with Gasteiger partial charge in [0, 0.05) is 6.54 Å². The highest BCUT2D eigenvalue weighted by Gasteiger charge is 2.14. The number of amides is 2. The second-order valence-corrected chi connectivity index (χ2v) is 6.48. The average molecular weight is 370 g/mol. The number of benzene rings is 1. The van der Waals surface area contributed by atoms with Crippen LogP contribution in [-0.2, 0) is 0 Å².